The van der Waals surface area contributed by atoms with E-state index < -0.39 is 0 Å². The second kappa shape index (κ2) is 9.22. The van der Waals surface area contributed by atoms with Crippen molar-refractivity contribution >= 4 is 22.9 Å². The van der Waals surface area contributed by atoms with Crippen LogP contribution in [0.1, 0.15) is 39.0 Å². The van der Waals surface area contributed by atoms with E-state index in [9.17, 15) is 9.59 Å². The number of amides is 1. The summed E-state index contributed by atoms with van der Waals surface area (Å²) >= 11 is 0. The molecule has 3 aromatic rings. The predicted octanol–water partition coefficient (Wildman–Crippen LogP) is 3.86. The number of carbonyl (C=O) groups is 1. The zero-order valence-corrected chi connectivity index (χ0v) is 17.3. The maximum absolute atomic E-state index is 12.0. The van der Waals surface area contributed by atoms with E-state index in [1.807, 2.05) is 42.5 Å². The van der Waals surface area contributed by atoms with Crippen molar-refractivity contribution < 1.29 is 4.79 Å². The number of fused-ring (bicyclic) bond motifs is 1. The number of rotatable bonds is 8. The summed E-state index contributed by atoms with van der Waals surface area (Å²) in [6.07, 6.45) is 6.95. The van der Waals surface area contributed by atoms with Crippen LogP contribution in [0.2, 0.25) is 0 Å². The molecule has 2 aromatic carbocycles. The Morgan fingerprint density at radius 3 is 2.53 bits per heavy atom. The third-order valence-corrected chi connectivity index (χ3v) is 5.97. The predicted molar refractivity (Wildman–Crippen MR) is 121 cm³/mol. The van der Waals surface area contributed by atoms with E-state index in [-0.39, 0.29) is 5.56 Å². The van der Waals surface area contributed by atoms with Gasteiger partial charge in [-0.2, -0.15) is 5.10 Å². The van der Waals surface area contributed by atoms with Crippen LogP contribution in [0.3, 0.4) is 0 Å². The van der Waals surface area contributed by atoms with Crippen molar-refractivity contribution in [1.29, 1.82) is 0 Å². The molecule has 1 unspecified atom stereocenters. The largest absolute Gasteiger partial charge is 0.315 e. The van der Waals surface area contributed by atoms with E-state index in [1.54, 1.807) is 11.0 Å². The Balaban J connectivity index is 1.46. The summed E-state index contributed by atoms with van der Waals surface area (Å²) in [4.78, 5) is 25.4. The molecule has 2 N–H and O–H groups in total. The highest BCUT2D eigenvalue weighted by Crippen LogP contribution is 2.26. The first-order chi connectivity index (χ1) is 14.7. The SMILES string of the molecule is CC(CCN(C=O)c1ccc(-c2n[nH]c(=O)c3ccccc23)cc1)NC1CCCC1. The fraction of sp³-hybridized carbons (Fsp3) is 0.375. The van der Waals surface area contributed by atoms with Gasteiger partial charge in [0.15, 0.2) is 0 Å². The van der Waals surface area contributed by atoms with E-state index >= 15 is 0 Å². The molecule has 1 amide bonds. The number of H-pyrrole nitrogens is 1. The number of anilines is 1. The molecule has 4 rings (SSSR count). The van der Waals surface area contributed by atoms with Crippen molar-refractivity contribution in [3.8, 4) is 11.3 Å². The molecule has 0 spiro atoms. The van der Waals surface area contributed by atoms with Crippen molar-refractivity contribution in [2.75, 3.05) is 11.4 Å². The molecule has 1 aliphatic rings. The highest BCUT2D eigenvalue weighted by molar-refractivity contribution is 5.93. The number of benzene rings is 2. The molecule has 1 fully saturated rings. The molecule has 30 heavy (non-hydrogen) atoms. The van der Waals surface area contributed by atoms with Crippen molar-refractivity contribution in [3.05, 3.63) is 58.9 Å². The number of aromatic amines is 1. The first-order valence-electron chi connectivity index (χ1n) is 10.7. The molecule has 1 saturated carbocycles. The third-order valence-electron chi connectivity index (χ3n) is 5.97. The Labute approximate surface area is 176 Å². The molecule has 1 aromatic heterocycles. The van der Waals surface area contributed by atoms with Gasteiger partial charge < -0.3 is 10.2 Å². The summed E-state index contributed by atoms with van der Waals surface area (Å²) in [6.45, 7) is 2.86. The summed E-state index contributed by atoms with van der Waals surface area (Å²) in [5.74, 6) is 0. The first-order valence-corrected chi connectivity index (χ1v) is 10.7. The van der Waals surface area contributed by atoms with Gasteiger partial charge in [0.1, 0.15) is 0 Å². The van der Waals surface area contributed by atoms with E-state index in [0.717, 1.165) is 35.2 Å². The molecular weight excluding hydrogens is 376 g/mol. The minimum absolute atomic E-state index is 0.196. The zero-order chi connectivity index (χ0) is 20.9. The zero-order valence-electron chi connectivity index (χ0n) is 17.3. The average Bonchev–Trinajstić information content (AvgIpc) is 3.28. The molecule has 0 aliphatic heterocycles. The van der Waals surface area contributed by atoms with Crippen LogP contribution in [-0.2, 0) is 4.79 Å². The fourth-order valence-electron chi connectivity index (χ4n) is 4.30. The van der Waals surface area contributed by atoms with E-state index in [1.165, 1.54) is 25.7 Å². The molecule has 156 valence electrons. The number of nitrogens with one attached hydrogen (secondary N) is 2. The van der Waals surface area contributed by atoms with E-state index in [2.05, 4.69) is 22.4 Å². The average molecular weight is 405 g/mol. The van der Waals surface area contributed by atoms with Crippen molar-refractivity contribution in [2.24, 2.45) is 0 Å². The van der Waals surface area contributed by atoms with Gasteiger partial charge in [0.2, 0.25) is 6.41 Å². The van der Waals surface area contributed by atoms with Gasteiger partial charge in [0, 0.05) is 35.3 Å². The summed E-state index contributed by atoms with van der Waals surface area (Å²) in [5.41, 5.74) is 2.28. The van der Waals surface area contributed by atoms with E-state index in [0.29, 0.717) is 24.0 Å². The number of nitrogens with zero attached hydrogens (tertiary/aromatic N) is 2. The molecule has 0 radical (unpaired) electrons. The van der Waals surface area contributed by atoms with Crippen LogP contribution in [0.25, 0.3) is 22.0 Å². The maximum Gasteiger partial charge on any atom is 0.272 e. The molecule has 6 nitrogen and oxygen atoms in total. The van der Waals surface area contributed by atoms with Crippen LogP contribution in [0.4, 0.5) is 5.69 Å². The van der Waals surface area contributed by atoms with Gasteiger partial charge in [0.05, 0.1) is 11.1 Å². The van der Waals surface area contributed by atoms with Gasteiger partial charge in [-0.15, -0.1) is 0 Å². The summed E-state index contributed by atoms with van der Waals surface area (Å²) in [7, 11) is 0. The molecule has 1 aliphatic carbocycles. The number of carbonyl (C=O) groups excluding carboxylic acids is 1. The minimum atomic E-state index is -0.196. The Hall–Kier alpha value is -2.99. The first kappa shape index (κ1) is 20.3. The number of hydrogen-bond acceptors (Lipinski definition) is 4. The Morgan fingerprint density at radius 2 is 1.83 bits per heavy atom. The topological polar surface area (TPSA) is 78.1 Å². The fourth-order valence-corrected chi connectivity index (χ4v) is 4.30. The van der Waals surface area contributed by atoms with Crippen molar-refractivity contribution in [3.63, 3.8) is 0 Å². The van der Waals surface area contributed by atoms with Crippen LogP contribution in [0, 0.1) is 0 Å². The Morgan fingerprint density at radius 1 is 1.13 bits per heavy atom. The van der Waals surface area contributed by atoms with Gasteiger partial charge in [-0.1, -0.05) is 43.2 Å². The van der Waals surface area contributed by atoms with Crippen LogP contribution in [0.5, 0.6) is 0 Å². The lowest BCUT2D eigenvalue weighted by Crippen LogP contribution is -2.37. The van der Waals surface area contributed by atoms with Gasteiger partial charge in [-0.3, -0.25) is 9.59 Å². The van der Waals surface area contributed by atoms with Gasteiger partial charge >= 0.3 is 0 Å². The van der Waals surface area contributed by atoms with Gasteiger partial charge in [0.25, 0.3) is 5.56 Å². The number of hydrogen-bond donors (Lipinski definition) is 2. The lowest BCUT2D eigenvalue weighted by atomic mass is 10.0. The highest BCUT2D eigenvalue weighted by Gasteiger charge is 2.17. The highest BCUT2D eigenvalue weighted by atomic mass is 16.1. The smallest absolute Gasteiger partial charge is 0.272 e. The van der Waals surface area contributed by atoms with Gasteiger partial charge in [-0.25, -0.2) is 5.10 Å². The molecule has 1 atom stereocenters. The summed E-state index contributed by atoms with van der Waals surface area (Å²) in [6, 6.07) is 16.2. The van der Waals surface area contributed by atoms with Gasteiger partial charge in [-0.05, 0) is 44.4 Å². The minimum Gasteiger partial charge on any atom is -0.315 e. The Kier molecular flexibility index (Phi) is 6.23. The lowest BCUT2D eigenvalue weighted by molar-refractivity contribution is -0.107. The summed E-state index contributed by atoms with van der Waals surface area (Å²) in [5, 5.41) is 11.9. The van der Waals surface area contributed by atoms with Crippen LogP contribution in [-0.4, -0.2) is 35.2 Å². The standard InChI is InChI=1S/C24H28N4O2/c1-17(25-19-6-2-3-7-19)14-15-28(16-29)20-12-10-18(11-13-20)23-21-8-4-5-9-22(21)24(30)27-26-23/h4-5,8-13,16-17,19,25H,2-3,6-7,14-15H2,1H3,(H,27,30). The second-order valence-electron chi connectivity index (χ2n) is 8.13. The summed E-state index contributed by atoms with van der Waals surface area (Å²) < 4.78 is 0. The molecule has 1 heterocycles. The van der Waals surface area contributed by atoms with Crippen LogP contribution >= 0.6 is 0 Å². The number of aromatic nitrogens is 2. The van der Waals surface area contributed by atoms with Crippen LogP contribution in [0.15, 0.2) is 53.3 Å². The second-order valence-corrected chi connectivity index (χ2v) is 8.13. The molecule has 6 heteroatoms. The van der Waals surface area contributed by atoms with Crippen molar-refractivity contribution in [2.45, 2.75) is 51.1 Å². The lowest BCUT2D eigenvalue weighted by Gasteiger charge is -2.23. The maximum atomic E-state index is 12.0. The molecule has 0 bridgehead atoms. The molecule has 0 saturated heterocycles. The Bertz CT molecular complexity index is 1050. The van der Waals surface area contributed by atoms with Crippen LogP contribution < -0.4 is 15.8 Å². The van der Waals surface area contributed by atoms with Crippen molar-refractivity contribution in [1.82, 2.24) is 15.5 Å². The third kappa shape index (κ3) is 4.44. The monoisotopic (exact) mass is 404 g/mol. The normalized spacial score (nSPS) is 15.4. The molecular formula is C24H28N4O2. The van der Waals surface area contributed by atoms with E-state index in [4.69, 9.17) is 0 Å². The quantitative estimate of drug-likeness (QED) is 0.559.